The molecule has 2 aromatic carbocycles. The zero-order valence-corrected chi connectivity index (χ0v) is 17.6. The minimum atomic E-state index is -3.76. The summed E-state index contributed by atoms with van der Waals surface area (Å²) in [6.07, 6.45) is 1.22. The van der Waals surface area contributed by atoms with Gasteiger partial charge in [-0.15, -0.1) is 0 Å². The molecule has 7 nitrogen and oxygen atoms in total. The van der Waals surface area contributed by atoms with E-state index in [4.69, 9.17) is 9.94 Å². The van der Waals surface area contributed by atoms with Gasteiger partial charge in [0.05, 0.1) is 7.11 Å². The Morgan fingerprint density at radius 2 is 1.79 bits per heavy atom. The van der Waals surface area contributed by atoms with Crippen LogP contribution in [0.1, 0.15) is 18.9 Å². The molecule has 0 aliphatic carbocycles. The summed E-state index contributed by atoms with van der Waals surface area (Å²) < 4.78 is 40.8. The minimum absolute atomic E-state index is 0. The summed E-state index contributed by atoms with van der Waals surface area (Å²) in [4.78, 5) is 11.9. The zero-order chi connectivity index (χ0) is 20.2. The smallest absolute Gasteiger partial charge is 0.870 e. The van der Waals surface area contributed by atoms with Gasteiger partial charge in [0.15, 0.2) is 9.84 Å². The molecule has 0 aromatic heterocycles. The summed E-state index contributed by atoms with van der Waals surface area (Å²) in [5.74, 6) is -0.761. The van der Waals surface area contributed by atoms with Crippen LogP contribution in [-0.2, 0) is 21.1 Å². The van der Waals surface area contributed by atoms with E-state index in [1.165, 1.54) is 31.6 Å². The van der Waals surface area contributed by atoms with Gasteiger partial charge in [-0.05, 0) is 49.1 Å². The molecule has 29 heavy (non-hydrogen) atoms. The Morgan fingerprint density at radius 3 is 2.28 bits per heavy atom. The number of carbonyl (C=O) groups is 1. The van der Waals surface area contributed by atoms with Gasteiger partial charge < -0.3 is 10.2 Å². The van der Waals surface area contributed by atoms with Crippen molar-refractivity contribution in [2.75, 3.05) is 13.4 Å². The molecule has 10 heteroatoms. The Bertz CT molecular complexity index is 936. The van der Waals surface area contributed by atoms with Crippen LogP contribution in [0.3, 0.4) is 0 Å². The zero-order valence-electron chi connectivity index (χ0n) is 16.8. The largest absolute Gasteiger partial charge is 1.00 e. The summed E-state index contributed by atoms with van der Waals surface area (Å²) >= 11 is 0. The molecule has 0 fully saturated rings. The first-order valence-corrected chi connectivity index (χ1v) is 10.1. The third-order valence-electron chi connectivity index (χ3n) is 4.71. The monoisotopic (exact) mass is 419 g/mol. The molecule has 1 unspecified atom stereocenters. The van der Waals surface area contributed by atoms with E-state index in [1.807, 2.05) is 0 Å². The standard InChI is InChI=1S/C19H22FNO5S.Li.H2O/c1-19(18(22)21-23,27(3,24)25)11-10-13-4-9-16(17(12-13)26-2)14-5-7-15(20)8-6-14;;/h4-9,12,23H,10-11H2,1-3H3,(H,21,22);;1H2/q;+1;/p-1. The number of ether oxygens (including phenoxy) is 1. The fraction of sp³-hybridized carbons (Fsp3) is 0.316. The fourth-order valence-electron chi connectivity index (χ4n) is 2.73. The molecule has 3 N–H and O–H groups in total. The molecule has 1 atom stereocenters. The Balaban J connectivity index is 0.00000392. The molecule has 2 aromatic rings. The van der Waals surface area contributed by atoms with E-state index in [2.05, 4.69) is 0 Å². The van der Waals surface area contributed by atoms with Crippen molar-refractivity contribution in [1.29, 1.82) is 0 Å². The van der Waals surface area contributed by atoms with E-state index in [-0.39, 0.29) is 43.0 Å². The number of methoxy groups -OCH3 is 1. The van der Waals surface area contributed by atoms with Crippen molar-refractivity contribution in [2.24, 2.45) is 0 Å². The van der Waals surface area contributed by atoms with Crippen molar-refractivity contribution in [3.05, 3.63) is 53.8 Å². The Labute approximate surface area is 181 Å². The maximum absolute atomic E-state index is 13.1. The second-order valence-corrected chi connectivity index (χ2v) is 8.93. The van der Waals surface area contributed by atoms with Gasteiger partial charge in [-0.3, -0.25) is 10.0 Å². The number of rotatable bonds is 7. The summed E-state index contributed by atoms with van der Waals surface area (Å²) in [6, 6.07) is 11.3. The third-order valence-corrected chi connectivity index (χ3v) is 6.74. The van der Waals surface area contributed by atoms with Crippen LogP contribution in [0, 0.1) is 5.82 Å². The second-order valence-electron chi connectivity index (χ2n) is 6.49. The van der Waals surface area contributed by atoms with E-state index in [0.29, 0.717) is 5.75 Å². The van der Waals surface area contributed by atoms with Crippen LogP contribution in [0.2, 0.25) is 0 Å². The first kappa shape index (κ1) is 27.1. The van der Waals surface area contributed by atoms with Crippen LogP contribution in [0.25, 0.3) is 11.1 Å². The number of aryl methyl sites for hydroxylation is 1. The first-order chi connectivity index (χ1) is 12.6. The van der Waals surface area contributed by atoms with Crippen molar-refractivity contribution in [3.8, 4) is 16.9 Å². The second kappa shape index (κ2) is 10.8. The van der Waals surface area contributed by atoms with Gasteiger partial charge in [0.25, 0.3) is 5.91 Å². The van der Waals surface area contributed by atoms with Crippen LogP contribution in [-0.4, -0.2) is 43.1 Å². The Kier molecular flexibility index (Phi) is 10.1. The van der Waals surface area contributed by atoms with E-state index in [0.717, 1.165) is 22.9 Å². The van der Waals surface area contributed by atoms with Crippen molar-refractivity contribution < 1.29 is 51.9 Å². The predicted octanol–water partition coefficient (Wildman–Crippen LogP) is -0.430. The number of halogens is 1. The van der Waals surface area contributed by atoms with Gasteiger partial charge in [-0.2, -0.15) is 0 Å². The summed E-state index contributed by atoms with van der Waals surface area (Å²) in [5, 5.41) is 8.88. The molecule has 0 heterocycles. The van der Waals surface area contributed by atoms with Gasteiger partial charge in [0, 0.05) is 11.8 Å². The van der Waals surface area contributed by atoms with E-state index >= 15 is 0 Å². The molecule has 0 saturated heterocycles. The molecule has 0 spiro atoms. The fourth-order valence-corrected chi connectivity index (χ4v) is 3.58. The van der Waals surface area contributed by atoms with Crippen LogP contribution in [0.15, 0.2) is 42.5 Å². The number of hydrogen-bond donors (Lipinski definition) is 2. The summed E-state index contributed by atoms with van der Waals surface area (Å²) in [6.45, 7) is 1.28. The molecule has 154 valence electrons. The van der Waals surface area contributed by atoms with E-state index < -0.39 is 20.5 Å². The van der Waals surface area contributed by atoms with Crippen molar-refractivity contribution >= 4 is 15.7 Å². The van der Waals surface area contributed by atoms with Gasteiger partial charge in [-0.1, -0.05) is 24.3 Å². The Morgan fingerprint density at radius 1 is 1.21 bits per heavy atom. The Hall–Kier alpha value is -1.89. The third kappa shape index (κ3) is 6.04. The topological polar surface area (TPSA) is 123 Å². The molecular weight excluding hydrogens is 396 g/mol. The molecule has 0 bridgehead atoms. The molecule has 2 rings (SSSR count). The van der Waals surface area contributed by atoms with E-state index in [1.54, 1.807) is 30.3 Å². The number of amides is 1. The van der Waals surface area contributed by atoms with Gasteiger partial charge in [0.2, 0.25) is 0 Å². The number of carbonyl (C=O) groups excluding carboxylic acids is 1. The van der Waals surface area contributed by atoms with Crippen LogP contribution in [0.4, 0.5) is 4.39 Å². The normalized spacial score (nSPS) is 12.7. The SMILES string of the molecule is COc1cc(CCC(C)(C(=O)NO)S(C)(=O)=O)ccc1-c1ccc(F)cc1.[Li+].[OH-]. The number of nitrogens with one attached hydrogen (secondary N) is 1. The first-order valence-electron chi connectivity index (χ1n) is 8.19. The average Bonchev–Trinajstić information content (AvgIpc) is 2.64. The van der Waals surface area contributed by atoms with Crippen molar-refractivity contribution in [1.82, 2.24) is 5.48 Å². The maximum atomic E-state index is 13.1. The van der Waals surface area contributed by atoms with Crippen LogP contribution < -0.4 is 29.1 Å². The van der Waals surface area contributed by atoms with Gasteiger partial charge in [-0.25, -0.2) is 18.3 Å². The average molecular weight is 419 g/mol. The molecule has 0 aliphatic heterocycles. The molecule has 0 radical (unpaired) electrons. The predicted molar refractivity (Wildman–Crippen MR) is 102 cm³/mol. The number of benzene rings is 2. The van der Waals surface area contributed by atoms with Crippen molar-refractivity contribution in [3.63, 3.8) is 0 Å². The maximum Gasteiger partial charge on any atom is 1.00 e. The summed E-state index contributed by atoms with van der Waals surface area (Å²) in [7, 11) is -2.25. The minimum Gasteiger partial charge on any atom is -0.870 e. The van der Waals surface area contributed by atoms with Crippen LogP contribution >= 0.6 is 0 Å². The van der Waals surface area contributed by atoms with Crippen molar-refractivity contribution in [2.45, 2.75) is 24.5 Å². The quantitative estimate of drug-likeness (QED) is 0.357. The number of sulfone groups is 1. The number of hydroxylamine groups is 1. The van der Waals surface area contributed by atoms with E-state index in [9.17, 15) is 17.6 Å². The number of hydrogen-bond acceptors (Lipinski definition) is 6. The summed E-state index contributed by atoms with van der Waals surface area (Å²) in [5.41, 5.74) is 3.74. The van der Waals surface area contributed by atoms with Gasteiger partial charge in [0.1, 0.15) is 16.3 Å². The van der Waals surface area contributed by atoms with Gasteiger partial charge >= 0.3 is 18.9 Å². The molecular formula is C19H23FLiNO6S. The van der Waals surface area contributed by atoms with Crippen LogP contribution in [0.5, 0.6) is 5.75 Å². The molecule has 0 aliphatic rings. The molecule has 0 saturated carbocycles. The molecule has 1 amide bonds.